The molecule has 4 rings (SSSR count). The van der Waals surface area contributed by atoms with E-state index in [1.807, 2.05) is 0 Å². The van der Waals surface area contributed by atoms with Gasteiger partial charge in [-0.05, 0) is 88.9 Å². The highest BCUT2D eigenvalue weighted by Gasteiger charge is 2.44. The third-order valence-electron chi connectivity index (χ3n) is 8.03. The van der Waals surface area contributed by atoms with Crippen LogP contribution in [0.4, 0.5) is 18.9 Å². The summed E-state index contributed by atoms with van der Waals surface area (Å²) in [7, 11) is -1.49. The second-order valence-electron chi connectivity index (χ2n) is 10.7. The molecule has 208 valence electrons. The third kappa shape index (κ3) is 6.34. The number of nitrogens with zero attached hydrogens (tertiary/aromatic N) is 2. The van der Waals surface area contributed by atoms with Crippen molar-refractivity contribution >= 4 is 21.4 Å². The highest BCUT2D eigenvalue weighted by atomic mass is 32.2. The van der Waals surface area contributed by atoms with E-state index in [2.05, 4.69) is 31.1 Å². The highest BCUT2D eigenvalue weighted by molar-refractivity contribution is 7.91. The van der Waals surface area contributed by atoms with Crippen molar-refractivity contribution in [1.29, 1.82) is 0 Å². The summed E-state index contributed by atoms with van der Waals surface area (Å²) >= 11 is 0. The molecule has 0 aromatic heterocycles. The molecule has 1 saturated heterocycles. The minimum Gasteiger partial charge on any atom is -0.374 e. The number of carbonyl (C=O) groups excluding carboxylic acids is 1. The zero-order valence-electron chi connectivity index (χ0n) is 22.0. The smallest absolute Gasteiger partial charge is 0.374 e. The Hall–Kier alpha value is -2.59. The maximum absolute atomic E-state index is 13.5. The van der Waals surface area contributed by atoms with Crippen molar-refractivity contribution in [2.75, 3.05) is 24.7 Å². The predicted molar refractivity (Wildman–Crippen MR) is 141 cm³/mol. The van der Waals surface area contributed by atoms with E-state index in [-0.39, 0.29) is 34.6 Å². The minimum atomic E-state index is -4.42. The lowest BCUT2D eigenvalue weighted by molar-refractivity contribution is -0.137. The summed E-state index contributed by atoms with van der Waals surface area (Å²) in [5.41, 5.74) is -0.295. The fraction of sp³-hybridized carbons (Fsp3) is 0.536. The highest BCUT2D eigenvalue weighted by Crippen LogP contribution is 2.36. The first-order valence-electron chi connectivity index (χ1n) is 13.1. The Morgan fingerprint density at radius 2 is 1.68 bits per heavy atom. The number of rotatable bonds is 8. The Morgan fingerprint density at radius 3 is 2.29 bits per heavy atom. The van der Waals surface area contributed by atoms with Crippen molar-refractivity contribution in [3.05, 3.63) is 60.2 Å². The standard InChI is InChI=1S/C28H36F3N3O3S/c1-19(2)33(3)23-13-14-26(20(17-23)18-38(36,37)24-7-5-4-6-8-24)34-16-15-25(27(34)35)32-22-11-9-21(10-12-22)28(29,30)31/h4-12,19-20,23,25-26,32H,13-18H2,1-3H3. The Balaban J connectivity index is 1.51. The number of halogens is 3. The van der Waals surface area contributed by atoms with Crippen LogP contribution in [0.1, 0.15) is 45.1 Å². The van der Waals surface area contributed by atoms with Crippen LogP contribution in [-0.2, 0) is 20.8 Å². The molecule has 2 fully saturated rings. The molecule has 2 aliphatic rings. The number of hydrogen-bond acceptors (Lipinski definition) is 5. The van der Waals surface area contributed by atoms with E-state index in [9.17, 15) is 26.4 Å². The van der Waals surface area contributed by atoms with Crippen molar-refractivity contribution in [1.82, 2.24) is 9.80 Å². The Kier molecular flexibility index (Phi) is 8.42. The van der Waals surface area contributed by atoms with E-state index in [1.54, 1.807) is 35.2 Å². The normalized spacial score (nSPS) is 24.8. The molecule has 1 heterocycles. The average molecular weight is 552 g/mol. The Morgan fingerprint density at radius 1 is 1.03 bits per heavy atom. The van der Waals surface area contributed by atoms with Crippen LogP contribution in [0.15, 0.2) is 59.5 Å². The van der Waals surface area contributed by atoms with Gasteiger partial charge in [0.05, 0.1) is 16.2 Å². The van der Waals surface area contributed by atoms with Gasteiger partial charge in [0.1, 0.15) is 6.04 Å². The maximum atomic E-state index is 13.5. The maximum Gasteiger partial charge on any atom is 0.416 e. The van der Waals surface area contributed by atoms with Crippen LogP contribution >= 0.6 is 0 Å². The van der Waals surface area contributed by atoms with Gasteiger partial charge in [-0.2, -0.15) is 13.2 Å². The lowest BCUT2D eigenvalue weighted by atomic mass is 9.81. The number of amides is 1. The van der Waals surface area contributed by atoms with E-state index < -0.39 is 27.6 Å². The summed E-state index contributed by atoms with van der Waals surface area (Å²) < 4.78 is 65.4. The number of hydrogen-bond donors (Lipinski definition) is 1. The fourth-order valence-electron chi connectivity index (χ4n) is 5.73. The number of likely N-dealkylation sites (tertiary alicyclic amines) is 1. The van der Waals surface area contributed by atoms with Gasteiger partial charge in [-0.3, -0.25) is 4.79 Å². The van der Waals surface area contributed by atoms with Crippen molar-refractivity contribution in [2.45, 2.75) is 74.8 Å². The van der Waals surface area contributed by atoms with Crippen LogP contribution in [-0.4, -0.2) is 67.6 Å². The summed E-state index contributed by atoms with van der Waals surface area (Å²) in [6, 6.07) is 12.8. The van der Waals surface area contributed by atoms with Crippen molar-refractivity contribution in [3.63, 3.8) is 0 Å². The molecular formula is C28H36F3N3O3S. The van der Waals surface area contributed by atoms with Gasteiger partial charge in [-0.1, -0.05) is 18.2 Å². The molecule has 1 aliphatic carbocycles. The molecule has 4 unspecified atom stereocenters. The molecule has 2 aromatic carbocycles. The lowest BCUT2D eigenvalue weighted by Gasteiger charge is -2.44. The fourth-order valence-corrected chi connectivity index (χ4v) is 7.42. The number of sulfone groups is 1. The van der Waals surface area contributed by atoms with Gasteiger partial charge >= 0.3 is 6.18 Å². The van der Waals surface area contributed by atoms with Gasteiger partial charge in [-0.25, -0.2) is 8.42 Å². The van der Waals surface area contributed by atoms with Crippen molar-refractivity contribution < 1.29 is 26.4 Å². The first-order valence-corrected chi connectivity index (χ1v) is 14.8. The van der Waals surface area contributed by atoms with Gasteiger partial charge in [0.15, 0.2) is 9.84 Å². The summed E-state index contributed by atoms with van der Waals surface area (Å²) in [6.07, 6.45) is -1.68. The number of alkyl halides is 3. The molecular weight excluding hydrogens is 515 g/mol. The molecule has 1 amide bonds. The Labute approximate surface area is 223 Å². The zero-order chi connectivity index (χ0) is 27.7. The van der Waals surface area contributed by atoms with Crippen LogP contribution in [0.25, 0.3) is 0 Å². The molecule has 38 heavy (non-hydrogen) atoms. The van der Waals surface area contributed by atoms with E-state index in [4.69, 9.17) is 0 Å². The van der Waals surface area contributed by atoms with Gasteiger partial charge in [-0.15, -0.1) is 0 Å². The average Bonchev–Trinajstić information content (AvgIpc) is 3.23. The predicted octanol–water partition coefficient (Wildman–Crippen LogP) is 5.07. The molecule has 1 saturated carbocycles. The third-order valence-corrected chi connectivity index (χ3v) is 9.89. The molecule has 6 nitrogen and oxygen atoms in total. The number of carbonyl (C=O) groups is 1. The van der Waals surface area contributed by atoms with Crippen LogP contribution in [0.3, 0.4) is 0 Å². The van der Waals surface area contributed by atoms with Crippen LogP contribution in [0.5, 0.6) is 0 Å². The quantitative estimate of drug-likeness (QED) is 0.496. The minimum absolute atomic E-state index is 0.0368. The van der Waals surface area contributed by atoms with E-state index in [1.165, 1.54) is 12.1 Å². The van der Waals surface area contributed by atoms with Crippen LogP contribution in [0.2, 0.25) is 0 Å². The molecule has 10 heteroatoms. The van der Waals surface area contributed by atoms with E-state index in [0.717, 1.165) is 18.6 Å². The number of anilines is 1. The van der Waals surface area contributed by atoms with Gasteiger partial charge in [0, 0.05) is 30.4 Å². The van der Waals surface area contributed by atoms with Gasteiger partial charge < -0.3 is 15.1 Å². The van der Waals surface area contributed by atoms with E-state index >= 15 is 0 Å². The van der Waals surface area contributed by atoms with Crippen LogP contribution < -0.4 is 5.32 Å². The monoisotopic (exact) mass is 551 g/mol. The topological polar surface area (TPSA) is 69.7 Å². The number of nitrogens with one attached hydrogen (secondary N) is 1. The molecule has 0 spiro atoms. The molecule has 1 N–H and O–H groups in total. The molecule has 4 atom stereocenters. The molecule has 2 aromatic rings. The summed E-state index contributed by atoms with van der Waals surface area (Å²) in [5, 5.41) is 3.08. The lowest BCUT2D eigenvalue weighted by Crippen LogP contribution is -2.52. The van der Waals surface area contributed by atoms with Crippen LogP contribution in [0, 0.1) is 5.92 Å². The second kappa shape index (κ2) is 11.3. The summed E-state index contributed by atoms with van der Waals surface area (Å²) in [5.74, 6) is -0.396. The second-order valence-corrected chi connectivity index (χ2v) is 12.8. The Bertz CT molecular complexity index is 1200. The van der Waals surface area contributed by atoms with Gasteiger partial charge in [0.2, 0.25) is 5.91 Å². The SMILES string of the molecule is CC(C)N(C)C1CCC(N2CCC(Nc3ccc(C(F)(F)F)cc3)C2=O)C(CS(=O)(=O)c2ccccc2)C1. The molecule has 0 radical (unpaired) electrons. The van der Waals surface area contributed by atoms with Crippen molar-refractivity contribution in [2.24, 2.45) is 5.92 Å². The first kappa shape index (κ1) is 28.4. The zero-order valence-corrected chi connectivity index (χ0v) is 22.8. The van der Waals surface area contributed by atoms with Crippen molar-refractivity contribution in [3.8, 4) is 0 Å². The summed E-state index contributed by atoms with van der Waals surface area (Å²) in [4.78, 5) is 17.8. The largest absolute Gasteiger partial charge is 0.416 e. The van der Waals surface area contributed by atoms with Gasteiger partial charge in [0.25, 0.3) is 0 Å². The first-order chi connectivity index (χ1) is 17.9. The number of benzene rings is 2. The summed E-state index contributed by atoms with van der Waals surface area (Å²) in [6.45, 7) is 4.71. The van der Waals surface area contributed by atoms with E-state index in [0.29, 0.717) is 37.5 Å². The molecule has 0 bridgehead atoms. The molecule has 1 aliphatic heterocycles.